The van der Waals surface area contributed by atoms with Gasteiger partial charge in [0.25, 0.3) is 0 Å². The summed E-state index contributed by atoms with van der Waals surface area (Å²) in [6, 6.07) is 0. The summed E-state index contributed by atoms with van der Waals surface area (Å²) in [7, 11) is 2.03. The van der Waals surface area contributed by atoms with E-state index in [2.05, 4.69) is 57.4 Å². The summed E-state index contributed by atoms with van der Waals surface area (Å²) >= 11 is 0. The second-order valence-corrected chi connectivity index (χ2v) is 3.80. The van der Waals surface area contributed by atoms with E-state index in [4.69, 9.17) is 0 Å². The third-order valence-electron chi connectivity index (χ3n) is 2.67. The maximum Gasteiger partial charge on any atom is 0.0148 e. The third-order valence-corrected chi connectivity index (χ3v) is 2.67. The zero-order valence-corrected chi connectivity index (χ0v) is 10.9. The molecule has 0 aliphatic rings. The van der Waals surface area contributed by atoms with Crippen molar-refractivity contribution < 1.29 is 0 Å². The molecule has 0 bridgehead atoms. The van der Waals surface area contributed by atoms with Gasteiger partial charge in [0.15, 0.2) is 0 Å². The van der Waals surface area contributed by atoms with Crippen LogP contribution in [0.1, 0.15) is 34.6 Å². The minimum Gasteiger partial charge on any atom is -0.353 e. The van der Waals surface area contributed by atoms with Gasteiger partial charge in [-0.1, -0.05) is 18.7 Å². The zero-order valence-electron chi connectivity index (χ0n) is 10.9. The first-order valence-electron chi connectivity index (χ1n) is 5.31. The van der Waals surface area contributed by atoms with Gasteiger partial charge in [-0.3, -0.25) is 0 Å². The summed E-state index contributed by atoms with van der Waals surface area (Å²) in [6.07, 6.45) is 6.44. The van der Waals surface area contributed by atoms with Gasteiger partial charge < -0.3 is 4.90 Å². The topological polar surface area (TPSA) is 3.24 Å². The smallest absolute Gasteiger partial charge is 0.0148 e. The quantitative estimate of drug-likeness (QED) is 0.620. The van der Waals surface area contributed by atoms with Crippen molar-refractivity contribution in [3.8, 4) is 0 Å². The highest BCUT2D eigenvalue weighted by atomic mass is 15.1. The Bertz CT molecular complexity index is 316. The van der Waals surface area contributed by atoms with Gasteiger partial charge in [-0.25, -0.2) is 0 Å². The summed E-state index contributed by atoms with van der Waals surface area (Å²) < 4.78 is 0. The Morgan fingerprint density at radius 2 is 1.60 bits per heavy atom. The largest absolute Gasteiger partial charge is 0.353 e. The Hall–Kier alpha value is -1.24. The minimum atomic E-state index is 1.05. The number of rotatable bonds is 4. The molecule has 0 amide bonds. The van der Waals surface area contributed by atoms with Gasteiger partial charge >= 0.3 is 0 Å². The molecule has 0 radical (unpaired) electrons. The summed E-state index contributed by atoms with van der Waals surface area (Å²) in [5.74, 6) is 0. The van der Waals surface area contributed by atoms with E-state index in [1.165, 1.54) is 16.8 Å². The van der Waals surface area contributed by atoms with Gasteiger partial charge in [-0.05, 0) is 51.8 Å². The highest BCUT2D eigenvalue weighted by Crippen LogP contribution is 2.16. The van der Waals surface area contributed by atoms with Crippen LogP contribution in [0.4, 0.5) is 0 Å². The maximum atomic E-state index is 3.93. The zero-order chi connectivity index (χ0) is 12.0. The fourth-order valence-corrected chi connectivity index (χ4v) is 1.21. The first-order valence-corrected chi connectivity index (χ1v) is 5.31. The number of allylic oxidation sites excluding steroid dienone is 7. The summed E-state index contributed by atoms with van der Waals surface area (Å²) in [4.78, 5) is 2.09. The van der Waals surface area contributed by atoms with Crippen molar-refractivity contribution in [3.63, 3.8) is 0 Å². The second-order valence-electron chi connectivity index (χ2n) is 3.80. The van der Waals surface area contributed by atoms with Crippen LogP contribution < -0.4 is 0 Å². The third kappa shape index (κ3) is 4.20. The van der Waals surface area contributed by atoms with E-state index in [1.807, 2.05) is 14.0 Å². The van der Waals surface area contributed by atoms with Crippen LogP contribution in [0.3, 0.4) is 0 Å². The lowest BCUT2D eigenvalue weighted by molar-refractivity contribution is 0.524. The van der Waals surface area contributed by atoms with Crippen molar-refractivity contribution in [2.24, 2.45) is 0 Å². The molecule has 0 aliphatic heterocycles. The molecule has 15 heavy (non-hydrogen) atoms. The molecular formula is C14H23N. The van der Waals surface area contributed by atoms with Crippen molar-refractivity contribution in [2.75, 3.05) is 7.05 Å². The molecule has 0 aromatic heterocycles. The van der Waals surface area contributed by atoms with Crippen molar-refractivity contribution >= 4 is 0 Å². The van der Waals surface area contributed by atoms with Gasteiger partial charge in [0.2, 0.25) is 0 Å². The number of hydrogen-bond donors (Lipinski definition) is 0. The van der Waals surface area contributed by atoms with Gasteiger partial charge in [-0.2, -0.15) is 0 Å². The van der Waals surface area contributed by atoms with Crippen molar-refractivity contribution in [3.05, 3.63) is 47.3 Å². The Morgan fingerprint density at radius 3 is 1.93 bits per heavy atom. The minimum absolute atomic E-state index is 1.05. The molecule has 0 heterocycles. The molecule has 0 spiro atoms. The molecule has 0 saturated heterocycles. The first kappa shape index (κ1) is 13.8. The highest BCUT2D eigenvalue weighted by Gasteiger charge is 2.01. The lowest BCUT2D eigenvalue weighted by Gasteiger charge is -2.20. The molecule has 0 aromatic rings. The van der Waals surface area contributed by atoms with Gasteiger partial charge in [0.1, 0.15) is 0 Å². The van der Waals surface area contributed by atoms with Crippen LogP contribution in [0.15, 0.2) is 47.3 Å². The predicted molar refractivity (Wildman–Crippen MR) is 69.5 cm³/mol. The molecule has 0 fully saturated rings. The molecule has 0 unspecified atom stereocenters. The van der Waals surface area contributed by atoms with E-state index in [-0.39, 0.29) is 0 Å². The molecular weight excluding hydrogens is 182 g/mol. The molecule has 84 valence electrons. The standard InChI is InChI=1S/C14H23N/c1-8-12(5)14(9-2)10-13(6)15(7)11(3)4/h8-10H,3H2,1-2,4-7H3/b12-8+,13-10+,14-9+. The fourth-order valence-electron chi connectivity index (χ4n) is 1.21. The van der Waals surface area contributed by atoms with Crippen LogP contribution in [-0.2, 0) is 0 Å². The average Bonchev–Trinajstić information content (AvgIpc) is 2.22. The molecule has 1 nitrogen and oxygen atoms in total. The summed E-state index contributed by atoms with van der Waals surface area (Å²) in [5.41, 5.74) is 4.82. The summed E-state index contributed by atoms with van der Waals surface area (Å²) in [6.45, 7) is 14.3. The Kier molecular flexibility index (Phi) is 5.76. The molecule has 1 heteroatoms. The van der Waals surface area contributed by atoms with Gasteiger partial charge in [-0.15, -0.1) is 0 Å². The Balaban J connectivity index is 4.96. The van der Waals surface area contributed by atoms with Crippen molar-refractivity contribution in [1.82, 2.24) is 4.90 Å². The fraction of sp³-hybridized carbons (Fsp3) is 0.429. The molecule has 0 rings (SSSR count). The van der Waals surface area contributed by atoms with Crippen LogP contribution in [0.5, 0.6) is 0 Å². The van der Waals surface area contributed by atoms with Crippen LogP contribution in [0.2, 0.25) is 0 Å². The van der Waals surface area contributed by atoms with E-state index < -0.39 is 0 Å². The monoisotopic (exact) mass is 205 g/mol. The van der Waals surface area contributed by atoms with Crippen molar-refractivity contribution in [2.45, 2.75) is 34.6 Å². The average molecular weight is 205 g/mol. The maximum absolute atomic E-state index is 3.93. The SMILES string of the molecule is C=C(C)N(C)/C(C)=C/C(=C\C)C(/C)=C/C. The lowest BCUT2D eigenvalue weighted by Crippen LogP contribution is -2.12. The molecule has 0 aromatic carbocycles. The highest BCUT2D eigenvalue weighted by molar-refractivity contribution is 5.39. The van der Waals surface area contributed by atoms with E-state index in [0.29, 0.717) is 0 Å². The van der Waals surface area contributed by atoms with Crippen LogP contribution in [0, 0.1) is 0 Å². The summed E-state index contributed by atoms with van der Waals surface area (Å²) in [5, 5.41) is 0. The Labute approximate surface area is 94.5 Å². The second kappa shape index (κ2) is 6.28. The molecule has 0 aliphatic carbocycles. The van der Waals surface area contributed by atoms with Gasteiger partial charge in [0.05, 0.1) is 0 Å². The van der Waals surface area contributed by atoms with E-state index in [1.54, 1.807) is 0 Å². The van der Waals surface area contributed by atoms with E-state index in [9.17, 15) is 0 Å². The molecule has 0 N–H and O–H groups in total. The number of nitrogens with zero attached hydrogens (tertiary/aromatic N) is 1. The van der Waals surface area contributed by atoms with Gasteiger partial charge in [0, 0.05) is 18.4 Å². The lowest BCUT2D eigenvalue weighted by atomic mass is 10.1. The van der Waals surface area contributed by atoms with E-state index >= 15 is 0 Å². The molecule has 0 saturated carbocycles. The van der Waals surface area contributed by atoms with Crippen LogP contribution >= 0.6 is 0 Å². The number of hydrogen-bond acceptors (Lipinski definition) is 1. The molecule has 0 atom stereocenters. The van der Waals surface area contributed by atoms with Crippen LogP contribution in [0.25, 0.3) is 0 Å². The predicted octanol–water partition coefficient (Wildman–Crippen LogP) is 4.27. The van der Waals surface area contributed by atoms with Crippen LogP contribution in [-0.4, -0.2) is 11.9 Å². The van der Waals surface area contributed by atoms with E-state index in [0.717, 1.165) is 5.70 Å². The normalized spacial score (nSPS) is 14.1. The van der Waals surface area contributed by atoms with Crippen molar-refractivity contribution in [1.29, 1.82) is 0 Å². The first-order chi connectivity index (χ1) is 6.93. The Morgan fingerprint density at radius 1 is 1.07 bits per heavy atom.